The maximum absolute atomic E-state index is 12.0. The predicted octanol–water partition coefficient (Wildman–Crippen LogP) is 3.72. The molecule has 0 amide bonds. The van der Waals surface area contributed by atoms with Crippen LogP contribution in [0.15, 0.2) is 47.4 Å². The molecule has 2 rings (SSSR count). The Labute approximate surface area is 152 Å². The molecule has 0 saturated heterocycles. The molecule has 8 heteroatoms. The summed E-state index contributed by atoms with van der Waals surface area (Å²) in [6, 6.07) is 11.3. The number of rotatable bonds is 8. The predicted molar refractivity (Wildman–Crippen MR) is 97.9 cm³/mol. The molecule has 0 aliphatic rings. The van der Waals surface area contributed by atoms with E-state index in [-0.39, 0.29) is 16.2 Å². The fourth-order valence-electron chi connectivity index (χ4n) is 2.17. The molecule has 0 atom stereocenters. The molecule has 0 heterocycles. The Morgan fingerprint density at radius 2 is 1.92 bits per heavy atom. The van der Waals surface area contributed by atoms with Crippen molar-refractivity contribution in [3.63, 3.8) is 0 Å². The third-order valence-electron chi connectivity index (χ3n) is 3.40. The molecule has 0 radical (unpaired) electrons. The van der Waals surface area contributed by atoms with Crippen LogP contribution in [0.25, 0.3) is 0 Å². The lowest BCUT2D eigenvalue weighted by Gasteiger charge is -2.17. The van der Waals surface area contributed by atoms with E-state index in [0.29, 0.717) is 18.0 Å². The van der Waals surface area contributed by atoms with Gasteiger partial charge in [-0.25, -0.2) is 13.6 Å². The first-order valence-corrected chi connectivity index (χ1v) is 9.62. The number of carbonyl (C=O) groups is 1. The van der Waals surface area contributed by atoms with E-state index in [1.807, 2.05) is 13.0 Å². The second kappa shape index (κ2) is 8.33. The van der Waals surface area contributed by atoms with Gasteiger partial charge < -0.3 is 10.1 Å². The highest BCUT2D eigenvalue weighted by Gasteiger charge is 2.23. The molecule has 0 unspecified atom stereocenters. The van der Waals surface area contributed by atoms with Crippen molar-refractivity contribution < 1.29 is 17.9 Å². The minimum atomic E-state index is -4.14. The highest BCUT2D eigenvalue weighted by molar-refractivity contribution is 7.89. The van der Waals surface area contributed by atoms with Crippen molar-refractivity contribution in [3.8, 4) is 11.5 Å². The van der Waals surface area contributed by atoms with Crippen molar-refractivity contribution in [2.45, 2.75) is 24.7 Å². The van der Waals surface area contributed by atoms with Crippen molar-refractivity contribution in [1.82, 2.24) is 0 Å². The number of ether oxygens (including phenoxy) is 1. The smallest absolute Gasteiger partial charge is 0.252 e. The van der Waals surface area contributed by atoms with Crippen molar-refractivity contribution in [2.75, 3.05) is 11.9 Å². The fourth-order valence-corrected chi connectivity index (χ4v) is 2.98. The minimum absolute atomic E-state index is 0.0186. The summed E-state index contributed by atoms with van der Waals surface area (Å²) in [6.07, 6.45) is 1.80. The van der Waals surface area contributed by atoms with Gasteiger partial charge in [0.25, 0.3) is 5.24 Å². The largest absolute Gasteiger partial charge is 0.454 e. The van der Waals surface area contributed by atoms with Gasteiger partial charge in [0.2, 0.25) is 10.0 Å². The van der Waals surface area contributed by atoms with Gasteiger partial charge in [0.1, 0.15) is 10.6 Å². The second-order valence-electron chi connectivity index (χ2n) is 5.37. The zero-order chi connectivity index (χ0) is 18.4. The van der Waals surface area contributed by atoms with Crippen LogP contribution in [0.1, 0.15) is 30.1 Å². The van der Waals surface area contributed by atoms with Crippen LogP contribution in [-0.2, 0) is 10.0 Å². The molecule has 2 aromatic rings. The van der Waals surface area contributed by atoms with E-state index in [1.54, 1.807) is 24.3 Å². The average molecular weight is 383 g/mol. The molecule has 134 valence electrons. The highest BCUT2D eigenvalue weighted by atomic mass is 35.5. The van der Waals surface area contributed by atoms with E-state index in [9.17, 15) is 13.2 Å². The van der Waals surface area contributed by atoms with Crippen molar-refractivity contribution >= 4 is 32.6 Å². The summed E-state index contributed by atoms with van der Waals surface area (Å²) in [6.45, 7) is 2.60. The van der Waals surface area contributed by atoms with Crippen LogP contribution in [0.4, 0.5) is 5.69 Å². The van der Waals surface area contributed by atoms with Gasteiger partial charge in [-0.15, -0.1) is 0 Å². The number of primary sulfonamides is 1. The van der Waals surface area contributed by atoms with Gasteiger partial charge in [-0.2, -0.15) is 0 Å². The van der Waals surface area contributed by atoms with E-state index in [0.717, 1.165) is 18.9 Å². The first-order chi connectivity index (χ1) is 11.8. The number of nitrogens with one attached hydrogen (secondary N) is 1. The van der Waals surface area contributed by atoms with Crippen molar-refractivity contribution in [1.29, 1.82) is 0 Å². The molecule has 0 saturated carbocycles. The molecule has 3 N–H and O–H groups in total. The normalized spacial score (nSPS) is 11.2. The lowest BCUT2D eigenvalue weighted by atomic mass is 10.2. The number of nitrogens with two attached hydrogens (primary N) is 1. The topological polar surface area (TPSA) is 98.5 Å². The van der Waals surface area contributed by atoms with Crippen molar-refractivity contribution in [2.24, 2.45) is 5.14 Å². The van der Waals surface area contributed by atoms with Gasteiger partial charge in [0.15, 0.2) is 5.75 Å². The van der Waals surface area contributed by atoms with Crippen LogP contribution in [0.5, 0.6) is 11.5 Å². The second-order valence-corrected chi connectivity index (χ2v) is 7.24. The van der Waals surface area contributed by atoms with E-state index in [1.165, 1.54) is 6.07 Å². The molecule has 0 aliphatic heterocycles. The van der Waals surface area contributed by atoms with Gasteiger partial charge in [-0.05, 0) is 42.3 Å². The summed E-state index contributed by atoms with van der Waals surface area (Å²) in [4.78, 5) is 11.2. The molecule has 25 heavy (non-hydrogen) atoms. The van der Waals surface area contributed by atoms with Crippen LogP contribution in [0.3, 0.4) is 0 Å². The number of anilines is 1. The Morgan fingerprint density at radius 3 is 2.48 bits per heavy atom. The molecule has 0 bridgehead atoms. The van der Waals surface area contributed by atoms with Gasteiger partial charge in [0.05, 0.1) is 5.69 Å². The molecule has 0 aliphatic carbocycles. The first-order valence-electron chi connectivity index (χ1n) is 7.70. The number of sulfonamides is 1. The lowest BCUT2D eigenvalue weighted by molar-refractivity contribution is 0.108. The number of benzene rings is 2. The van der Waals surface area contributed by atoms with Crippen LogP contribution >= 0.6 is 11.6 Å². The van der Waals surface area contributed by atoms with Gasteiger partial charge in [0, 0.05) is 12.1 Å². The maximum atomic E-state index is 12.0. The lowest BCUT2D eigenvalue weighted by Crippen LogP contribution is -2.16. The molecular formula is C17H19ClN2O4S. The Hall–Kier alpha value is -2.09. The Kier molecular flexibility index (Phi) is 6.41. The Morgan fingerprint density at radius 1 is 1.24 bits per heavy atom. The van der Waals surface area contributed by atoms with Gasteiger partial charge >= 0.3 is 0 Å². The van der Waals surface area contributed by atoms with E-state index in [2.05, 4.69) is 5.32 Å². The Balaban J connectivity index is 2.59. The van der Waals surface area contributed by atoms with Crippen molar-refractivity contribution in [3.05, 3.63) is 48.0 Å². The van der Waals surface area contributed by atoms with Crippen LogP contribution in [0, 0.1) is 0 Å². The third-order valence-corrected chi connectivity index (χ3v) is 4.53. The SMILES string of the molecule is CCCCNc1cc(C(=O)Cl)cc(S(N)(=O)=O)c1Oc1ccccc1. The fraction of sp³-hybridized carbons (Fsp3) is 0.235. The zero-order valence-corrected chi connectivity index (χ0v) is 15.2. The first kappa shape index (κ1) is 19.2. The number of hydrogen-bond acceptors (Lipinski definition) is 5. The van der Waals surface area contributed by atoms with Gasteiger partial charge in [-0.3, -0.25) is 4.79 Å². The summed E-state index contributed by atoms with van der Waals surface area (Å²) in [5.74, 6) is 0.474. The highest BCUT2D eigenvalue weighted by Crippen LogP contribution is 2.37. The molecule has 2 aromatic carbocycles. The summed E-state index contributed by atoms with van der Waals surface area (Å²) in [5.41, 5.74) is 0.359. The number of para-hydroxylation sites is 1. The monoisotopic (exact) mass is 382 g/mol. The quantitative estimate of drug-likeness (QED) is 0.535. The maximum Gasteiger partial charge on any atom is 0.252 e. The van der Waals surface area contributed by atoms with E-state index in [4.69, 9.17) is 21.5 Å². The average Bonchev–Trinajstić information content (AvgIpc) is 2.56. The number of carbonyl (C=O) groups excluding carboxylic acids is 1. The molecule has 0 aromatic heterocycles. The summed E-state index contributed by atoms with van der Waals surface area (Å²) >= 11 is 5.53. The summed E-state index contributed by atoms with van der Waals surface area (Å²) in [7, 11) is -4.14. The Bertz CT molecular complexity index is 854. The molecule has 6 nitrogen and oxygen atoms in total. The molecular weight excluding hydrogens is 364 g/mol. The summed E-state index contributed by atoms with van der Waals surface area (Å²) < 4.78 is 29.8. The van der Waals surface area contributed by atoms with Crippen LogP contribution < -0.4 is 15.2 Å². The molecule has 0 spiro atoms. The number of halogens is 1. The van der Waals surface area contributed by atoms with Gasteiger partial charge in [-0.1, -0.05) is 31.5 Å². The zero-order valence-electron chi connectivity index (χ0n) is 13.7. The standard InChI is InChI=1S/C17H19ClN2O4S/c1-2-3-9-20-14-10-12(17(18)21)11-15(25(19,22)23)16(14)24-13-7-5-4-6-8-13/h4-8,10-11,20H,2-3,9H2,1H3,(H2,19,22,23). The minimum Gasteiger partial charge on any atom is -0.454 e. The number of hydrogen-bond donors (Lipinski definition) is 2. The third kappa shape index (κ3) is 5.19. The summed E-state index contributed by atoms with van der Waals surface area (Å²) in [5, 5.41) is 7.62. The molecule has 0 fully saturated rings. The van der Waals surface area contributed by atoms with E-state index >= 15 is 0 Å². The van der Waals surface area contributed by atoms with E-state index < -0.39 is 15.3 Å². The van der Waals surface area contributed by atoms with Crippen LogP contribution in [0.2, 0.25) is 0 Å². The number of unbranched alkanes of at least 4 members (excludes halogenated alkanes) is 1. The van der Waals surface area contributed by atoms with Crippen LogP contribution in [-0.4, -0.2) is 20.2 Å².